The summed E-state index contributed by atoms with van der Waals surface area (Å²) in [6.45, 7) is 0. The zero-order valence-electron chi connectivity index (χ0n) is 7.24. The second-order valence-corrected chi connectivity index (χ2v) is 3.68. The fourth-order valence-electron chi connectivity index (χ4n) is 0.691. The summed E-state index contributed by atoms with van der Waals surface area (Å²) in [5.41, 5.74) is 0. The number of hydrogen-bond donors (Lipinski definition) is 1. The lowest BCUT2D eigenvalue weighted by Gasteiger charge is -2.11. The van der Waals surface area contributed by atoms with Crippen LogP contribution in [0.25, 0.3) is 0 Å². The molecule has 12 heavy (non-hydrogen) atoms. The highest BCUT2D eigenvalue weighted by Crippen LogP contribution is 2.18. The third-order valence-electron chi connectivity index (χ3n) is 1.36. The summed E-state index contributed by atoms with van der Waals surface area (Å²) in [4.78, 5) is 2.90. The van der Waals surface area contributed by atoms with Gasteiger partial charge >= 0.3 is 0 Å². The highest BCUT2D eigenvalue weighted by molar-refractivity contribution is 8.13. The Hall–Kier alpha value is -0.960. The van der Waals surface area contributed by atoms with Gasteiger partial charge in [0, 0.05) is 19.0 Å². The average Bonchev–Trinajstić information content (AvgIpc) is 2.06. The van der Waals surface area contributed by atoms with Crippen LogP contribution in [0.15, 0.2) is 35.2 Å². The molecule has 0 fully saturated rings. The summed E-state index contributed by atoms with van der Waals surface area (Å²) >= 11 is 1.46. The van der Waals surface area contributed by atoms with Crippen LogP contribution in [-0.2, 0) is 0 Å². The molecule has 0 amide bonds. The number of thioether (sulfide) groups is 1. The Kier molecular flexibility index (Phi) is 3.17. The molecule has 0 unspecified atom stereocenters. The van der Waals surface area contributed by atoms with E-state index in [0.29, 0.717) is 5.17 Å². The van der Waals surface area contributed by atoms with E-state index in [1.54, 1.807) is 4.90 Å². The fraction of sp³-hybridized carbons (Fsp3) is 0.222. The molecule has 0 aromatic heterocycles. The summed E-state index contributed by atoms with van der Waals surface area (Å²) in [6.07, 6.45) is 0. The Balaban J connectivity index is 2.59. The van der Waals surface area contributed by atoms with Crippen molar-refractivity contribution in [3.63, 3.8) is 0 Å². The Morgan fingerprint density at radius 1 is 1.25 bits per heavy atom. The summed E-state index contributed by atoms with van der Waals surface area (Å²) in [5.74, 6) is 0. The van der Waals surface area contributed by atoms with Gasteiger partial charge in [-0.05, 0) is 12.1 Å². The van der Waals surface area contributed by atoms with Gasteiger partial charge in [-0.3, -0.25) is 5.41 Å². The van der Waals surface area contributed by atoms with Crippen LogP contribution in [-0.4, -0.2) is 24.2 Å². The molecular formula is C9H12N2S. The van der Waals surface area contributed by atoms with Gasteiger partial charge in [-0.1, -0.05) is 30.0 Å². The Morgan fingerprint density at radius 2 is 1.83 bits per heavy atom. The van der Waals surface area contributed by atoms with Crippen LogP contribution in [0, 0.1) is 5.41 Å². The normalized spacial score (nSPS) is 9.50. The van der Waals surface area contributed by atoms with Crippen LogP contribution in [0.3, 0.4) is 0 Å². The number of amidine groups is 1. The van der Waals surface area contributed by atoms with Gasteiger partial charge in [0.1, 0.15) is 0 Å². The first kappa shape index (κ1) is 9.13. The first-order valence-electron chi connectivity index (χ1n) is 3.69. The lowest BCUT2D eigenvalue weighted by Crippen LogP contribution is -2.16. The van der Waals surface area contributed by atoms with E-state index in [1.165, 1.54) is 11.8 Å². The molecule has 0 radical (unpaired) electrons. The molecular weight excluding hydrogens is 168 g/mol. The van der Waals surface area contributed by atoms with Crippen molar-refractivity contribution in [1.82, 2.24) is 4.90 Å². The number of hydrogen-bond acceptors (Lipinski definition) is 2. The molecule has 1 aromatic carbocycles. The molecule has 0 aliphatic carbocycles. The predicted molar refractivity (Wildman–Crippen MR) is 53.7 cm³/mol. The molecule has 0 atom stereocenters. The van der Waals surface area contributed by atoms with E-state index in [1.807, 2.05) is 44.4 Å². The van der Waals surface area contributed by atoms with Gasteiger partial charge in [-0.25, -0.2) is 0 Å². The SMILES string of the molecule is CN(C)C(=N)Sc1ccccc1. The molecule has 2 nitrogen and oxygen atoms in total. The monoisotopic (exact) mass is 180 g/mol. The van der Waals surface area contributed by atoms with Crippen LogP contribution in [0.5, 0.6) is 0 Å². The topological polar surface area (TPSA) is 27.1 Å². The quantitative estimate of drug-likeness (QED) is 0.408. The maximum atomic E-state index is 7.57. The second-order valence-electron chi connectivity index (χ2n) is 2.61. The van der Waals surface area contributed by atoms with Gasteiger partial charge in [-0.2, -0.15) is 0 Å². The summed E-state index contributed by atoms with van der Waals surface area (Å²) in [6, 6.07) is 9.94. The van der Waals surface area contributed by atoms with Crippen molar-refractivity contribution in [3.05, 3.63) is 30.3 Å². The first-order valence-corrected chi connectivity index (χ1v) is 4.50. The molecule has 0 spiro atoms. The van der Waals surface area contributed by atoms with E-state index in [4.69, 9.17) is 5.41 Å². The minimum absolute atomic E-state index is 0.557. The summed E-state index contributed by atoms with van der Waals surface area (Å²) in [5, 5.41) is 8.13. The molecule has 0 saturated heterocycles. The van der Waals surface area contributed by atoms with Gasteiger partial charge in [-0.15, -0.1) is 0 Å². The minimum atomic E-state index is 0.557. The number of rotatable bonds is 1. The Morgan fingerprint density at radius 3 is 2.33 bits per heavy atom. The lowest BCUT2D eigenvalue weighted by atomic mass is 10.4. The molecule has 0 aliphatic rings. The molecule has 0 aliphatic heterocycles. The highest BCUT2D eigenvalue weighted by atomic mass is 32.2. The van der Waals surface area contributed by atoms with E-state index in [9.17, 15) is 0 Å². The van der Waals surface area contributed by atoms with E-state index >= 15 is 0 Å². The van der Waals surface area contributed by atoms with Crippen molar-refractivity contribution in [2.24, 2.45) is 0 Å². The smallest absolute Gasteiger partial charge is 0.160 e. The standard InChI is InChI=1S/C9H12N2S/c1-11(2)9(10)12-8-6-4-3-5-7-8/h3-7,10H,1-2H3. The van der Waals surface area contributed by atoms with E-state index in [0.717, 1.165) is 4.90 Å². The molecule has 0 heterocycles. The van der Waals surface area contributed by atoms with Gasteiger partial charge in [0.25, 0.3) is 0 Å². The van der Waals surface area contributed by atoms with Crippen LogP contribution in [0.4, 0.5) is 0 Å². The lowest BCUT2D eigenvalue weighted by molar-refractivity contribution is 0.632. The number of benzene rings is 1. The van der Waals surface area contributed by atoms with Crippen LogP contribution in [0.1, 0.15) is 0 Å². The Labute approximate surface area is 77.1 Å². The maximum Gasteiger partial charge on any atom is 0.160 e. The van der Waals surface area contributed by atoms with E-state index in [-0.39, 0.29) is 0 Å². The van der Waals surface area contributed by atoms with Crippen molar-refractivity contribution < 1.29 is 0 Å². The van der Waals surface area contributed by atoms with Gasteiger partial charge < -0.3 is 4.90 Å². The second kappa shape index (κ2) is 4.16. The third kappa shape index (κ3) is 2.58. The zero-order valence-corrected chi connectivity index (χ0v) is 8.06. The van der Waals surface area contributed by atoms with Crippen molar-refractivity contribution in [3.8, 4) is 0 Å². The number of nitrogens with zero attached hydrogens (tertiary/aromatic N) is 1. The summed E-state index contributed by atoms with van der Waals surface area (Å²) in [7, 11) is 3.75. The van der Waals surface area contributed by atoms with E-state index in [2.05, 4.69) is 0 Å². The Bertz CT molecular complexity index is 256. The molecule has 0 saturated carbocycles. The predicted octanol–water partition coefficient (Wildman–Crippen LogP) is 2.28. The van der Waals surface area contributed by atoms with Gasteiger partial charge in [0.15, 0.2) is 5.17 Å². The molecule has 0 bridgehead atoms. The van der Waals surface area contributed by atoms with Gasteiger partial charge in [0.2, 0.25) is 0 Å². The van der Waals surface area contributed by atoms with Crippen LogP contribution >= 0.6 is 11.8 Å². The summed E-state index contributed by atoms with van der Waals surface area (Å²) < 4.78 is 0. The zero-order chi connectivity index (χ0) is 8.97. The van der Waals surface area contributed by atoms with Crippen molar-refractivity contribution in [1.29, 1.82) is 5.41 Å². The van der Waals surface area contributed by atoms with Crippen LogP contribution in [0.2, 0.25) is 0 Å². The minimum Gasteiger partial charge on any atom is -0.358 e. The molecule has 1 N–H and O–H groups in total. The maximum absolute atomic E-state index is 7.57. The molecule has 64 valence electrons. The van der Waals surface area contributed by atoms with Crippen molar-refractivity contribution in [2.75, 3.05) is 14.1 Å². The largest absolute Gasteiger partial charge is 0.358 e. The highest BCUT2D eigenvalue weighted by Gasteiger charge is 2.00. The van der Waals surface area contributed by atoms with Crippen molar-refractivity contribution in [2.45, 2.75) is 4.90 Å². The molecule has 1 rings (SSSR count). The van der Waals surface area contributed by atoms with E-state index < -0.39 is 0 Å². The van der Waals surface area contributed by atoms with Gasteiger partial charge in [0.05, 0.1) is 0 Å². The fourth-order valence-corrected chi connectivity index (χ4v) is 1.39. The molecule has 3 heteroatoms. The van der Waals surface area contributed by atoms with Crippen LogP contribution < -0.4 is 0 Å². The average molecular weight is 180 g/mol. The number of nitrogens with one attached hydrogen (secondary N) is 1. The first-order chi connectivity index (χ1) is 5.70. The third-order valence-corrected chi connectivity index (χ3v) is 2.43. The van der Waals surface area contributed by atoms with Crippen molar-refractivity contribution >= 4 is 16.9 Å². The molecule has 1 aromatic rings.